The lowest BCUT2D eigenvalue weighted by molar-refractivity contribution is -0.137. The zero-order chi connectivity index (χ0) is 20.2. The number of benzene rings is 1. The number of nitrogens with one attached hydrogen (secondary N) is 1. The molecule has 5 nitrogen and oxygen atoms in total. The van der Waals surface area contributed by atoms with Crippen LogP contribution in [0.15, 0.2) is 24.3 Å². The van der Waals surface area contributed by atoms with Crippen molar-refractivity contribution in [2.45, 2.75) is 58.2 Å². The topological polar surface area (TPSA) is 64.6 Å². The predicted molar refractivity (Wildman–Crippen MR) is 91.8 cm³/mol. The van der Waals surface area contributed by atoms with Crippen molar-refractivity contribution in [3.05, 3.63) is 35.4 Å². The third kappa shape index (κ3) is 6.04. The van der Waals surface area contributed by atoms with Gasteiger partial charge in [-0.3, -0.25) is 9.59 Å². The van der Waals surface area contributed by atoms with E-state index in [9.17, 15) is 22.8 Å². The molecule has 0 aliphatic carbocycles. The largest absolute Gasteiger partial charge is 0.416 e. The summed E-state index contributed by atoms with van der Waals surface area (Å²) in [6, 6.07) is 3.90. The number of carbonyl (C=O) groups is 2. The quantitative estimate of drug-likeness (QED) is 0.781. The maximum atomic E-state index is 12.6. The number of Topliss-reactive ketones (excluding diaryl/α,β-unsaturated/α-hetero) is 1. The second-order valence-electron chi connectivity index (χ2n) is 7.09. The minimum atomic E-state index is -4.40. The molecule has 1 saturated heterocycles. The van der Waals surface area contributed by atoms with Crippen molar-refractivity contribution in [3.63, 3.8) is 0 Å². The first-order chi connectivity index (χ1) is 12.6. The summed E-state index contributed by atoms with van der Waals surface area (Å²) in [5.74, 6) is -0.463. The second-order valence-corrected chi connectivity index (χ2v) is 7.09. The molecule has 3 atom stereocenters. The molecule has 1 aromatic rings. The third-order valence-corrected chi connectivity index (χ3v) is 4.31. The molecule has 0 saturated carbocycles. The molecule has 1 N–H and O–H groups in total. The zero-order valence-corrected chi connectivity index (χ0v) is 15.5. The number of ether oxygens (including phenoxy) is 2. The molecule has 1 heterocycles. The van der Waals surface area contributed by atoms with E-state index in [4.69, 9.17) is 9.47 Å². The third-order valence-electron chi connectivity index (χ3n) is 4.31. The van der Waals surface area contributed by atoms with E-state index in [2.05, 4.69) is 5.32 Å². The Hall–Kier alpha value is -1.93. The highest BCUT2D eigenvalue weighted by atomic mass is 19.4. The van der Waals surface area contributed by atoms with Gasteiger partial charge >= 0.3 is 6.18 Å². The molecule has 2 rings (SSSR count). The van der Waals surface area contributed by atoms with Gasteiger partial charge in [0.15, 0.2) is 5.78 Å². The molecular formula is C19H24F3NO4. The molecule has 1 aromatic carbocycles. The smallest absolute Gasteiger partial charge is 0.368 e. The Labute approximate surface area is 156 Å². The number of rotatable bonds is 7. The number of halogens is 3. The molecule has 0 bridgehead atoms. The summed E-state index contributed by atoms with van der Waals surface area (Å²) in [7, 11) is 0. The van der Waals surface area contributed by atoms with Gasteiger partial charge in [-0.1, -0.05) is 26.0 Å². The van der Waals surface area contributed by atoms with Gasteiger partial charge in [0.05, 0.1) is 18.3 Å². The summed E-state index contributed by atoms with van der Waals surface area (Å²) < 4.78 is 48.7. The fourth-order valence-electron chi connectivity index (χ4n) is 2.77. The predicted octanol–water partition coefficient (Wildman–Crippen LogP) is 3.11. The highest BCUT2D eigenvalue weighted by Gasteiger charge is 2.35. The van der Waals surface area contributed by atoms with Crippen LogP contribution in [-0.4, -0.2) is 36.5 Å². The number of hydrogen-bond donors (Lipinski definition) is 1. The van der Waals surface area contributed by atoms with Crippen LogP contribution >= 0.6 is 0 Å². The standard InChI is InChI=1S/C19H24F3NO4/c1-11(2)8-16(18(25)23-17-12(3)26-10-15(17)24)27-9-13-4-6-14(7-5-13)19(20,21)22/h4-7,11-12,16-17H,8-10H2,1-3H3,(H,23,25)/t12?,16-,17-/m1/s1. The number of ketones is 1. The first kappa shape index (κ1) is 21.4. The van der Waals surface area contributed by atoms with E-state index in [1.807, 2.05) is 13.8 Å². The molecule has 0 spiro atoms. The number of carbonyl (C=O) groups excluding carboxylic acids is 2. The van der Waals surface area contributed by atoms with E-state index < -0.39 is 35.9 Å². The van der Waals surface area contributed by atoms with Crippen LogP contribution in [0.5, 0.6) is 0 Å². The van der Waals surface area contributed by atoms with Gasteiger partial charge in [0, 0.05) is 0 Å². The Balaban J connectivity index is 1.99. The fourth-order valence-corrected chi connectivity index (χ4v) is 2.77. The normalized spacial score (nSPS) is 21.5. The van der Waals surface area contributed by atoms with Gasteiger partial charge in [-0.05, 0) is 37.0 Å². The van der Waals surface area contributed by atoms with Crippen molar-refractivity contribution in [2.24, 2.45) is 5.92 Å². The van der Waals surface area contributed by atoms with Crippen LogP contribution in [0.25, 0.3) is 0 Å². The fraction of sp³-hybridized carbons (Fsp3) is 0.579. The molecule has 1 unspecified atom stereocenters. The molecule has 1 aliphatic rings. The minimum absolute atomic E-state index is 0.00634. The molecule has 8 heteroatoms. The monoisotopic (exact) mass is 387 g/mol. The molecule has 1 amide bonds. The second kappa shape index (κ2) is 8.84. The minimum Gasteiger partial charge on any atom is -0.368 e. The summed E-state index contributed by atoms with van der Waals surface area (Å²) in [4.78, 5) is 24.3. The summed E-state index contributed by atoms with van der Waals surface area (Å²) in [6.45, 7) is 5.51. The van der Waals surface area contributed by atoms with E-state index >= 15 is 0 Å². The lowest BCUT2D eigenvalue weighted by Crippen LogP contribution is -2.48. The summed E-state index contributed by atoms with van der Waals surface area (Å²) in [6.07, 6.45) is -5.20. The highest BCUT2D eigenvalue weighted by molar-refractivity contribution is 5.92. The average molecular weight is 387 g/mol. The van der Waals surface area contributed by atoms with Crippen molar-refractivity contribution in [2.75, 3.05) is 6.61 Å². The molecule has 0 radical (unpaired) electrons. The SMILES string of the molecule is CC(C)C[C@@H](OCc1ccc(C(F)(F)F)cc1)C(=O)N[C@H]1C(=O)COC1C. The van der Waals surface area contributed by atoms with E-state index in [1.54, 1.807) is 6.92 Å². The first-order valence-electron chi connectivity index (χ1n) is 8.80. The van der Waals surface area contributed by atoms with Crippen molar-refractivity contribution < 1.29 is 32.2 Å². The first-order valence-corrected chi connectivity index (χ1v) is 8.80. The molecule has 1 fully saturated rings. The number of hydrogen-bond acceptors (Lipinski definition) is 4. The summed E-state index contributed by atoms with van der Waals surface area (Å²) in [5, 5.41) is 2.66. The Morgan fingerprint density at radius 2 is 1.93 bits per heavy atom. The summed E-state index contributed by atoms with van der Waals surface area (Å²) >= 11 is 0. The van der Waals surface area contributed by atoms with Crippen molar-refractivity contribution in [1.82, 2.24) is 5.32 Å². The Morgan fingerprint density at radius 3 is 2.41 bits per heavy atom. The Bertz CT molecular complexity index is 658. The van der Waals surface area contributed by atoms with Gasteiger partial charge in [-0.2, -0.15) is 13.2 Å². The molecule has 1 aliphatic heterocycles. The van der Waals surface area contributed by atoms with Crippen LogP contribution in [0.2, 0.25) is 0 Å². The van der Waals surface area contributed by atoms with E-state index in [0.29, 0.717) is 12.0 Å². The van der Waals surface area contributed by atoms with E-state index in [0.717, 1.165) is 12.1 Å². The van der Waals surface area contributed by atoms with Crippen molar-refractivity contribution in [1.29, 1.82) is 0 Å². The van der Waals surface area contributed by atoms with Gasteiger partial charge in [0.2, 0.25) is 5.91 Å². The maximum Gasteiger partial charge on any atom is 0.416 e. The lowest BCUT2D eigenvalue weighted by atomic mass is 10.0. The van der Waals surface area contributed by atoms with Crippen LogP contribution in [0.4, 0.5) is 13.2 Å². The van der Waals surface area contributed by atoms with Crippen LogP contribution in [-0.2, 0) is 31.8 Å². The molecular weight excluding hydrogens is 363 g/mol. The molecule has 150 valence electrons. The number of alkyl halides is 3. The maximum absolute atomic E-state index is 12.6. The van der Waals surface area contributed by atoms with Gasteiger partial charge in [0.25, 0.3) is 0 Å². The van der Waals surface area contributed by atoms with Crippen LogP contribution in [0.1, 0.15) is 38.3 Å². The van der Waals surface area contributed by atoms with E-state index in [-0.39, 0.29) is 24.9 Å². The summed E-state index contributed by atoms with van der Waals surface area (Å²) in [5.41, 5.74) is -0.213. The van der Waals surface area contributed by atoms with Gasteiger partial charge in [0.1, 0.15) is 18.8 Å². The van der Waals surface area contributed by atoms with Crippen molar-refractivity contribution >= 4 is 11.7 Å². The van der Waals surface area contributed by atoms with Crippen LogP contribution < -0.4 is 5.32 Å². The van der Waals surface area contributed by atoms with Crippen LogP contribution in [0.3, 0.4) is 0 Å². The lowest BCUT2D eigenvalue weighted by Gasteiger charge is -2.22. The highest BCUT2D eigenvalue weighted by Crippen LogP contribution is 2.29. The van der Waals surface area contributed by atoms with Gasteiger partial charge in [-0.25, -0.2) is 0 Å². The van der Waals surface area contributed by atoms with Crippen molar-refractivity contribution in [3.8, 4) is 0 Å². The van der Waals surface area contributed by atoms with Gasteiger partial charge < -0.3 is 14.8 Å². The molecule has 0 aromatic heterocycles. The van der Waals surface area contributed by atoms with E-state index in [1.165, 1.54) is 12.1 Å². The zero-order valence-electron chi connectivity index (χ0n) is 15.5. The Kier molecular flexibility index (Phi) is 7.00. The number of amides is 1. The van der Waals surface area contributed by atoms with Crippen LogP contribution in [0, 0.1) is 5.92 Å². The van der Waals surface area contributed by atoms with Gasteiger partial charge in [-0.15, -0.1) is 0 Å². The Morgan fingerprint density at radius 1 is 1.30 bits per heavy atom. The molecule has 27 heavy (non-hydrogen) atoms. The average Bonchev–Trinajstić information content (AvgIpc) is 2.89.